The smallest absolute Gasteiger partial charge is 0.266 e. The first-order valence-corrected chi connectivity index (χ1v) is 21.1. The first-order chi connectivity index (χ1) is 28.0. The summed E-state index contributed by atoms with van der Waals surface area (Å²) in [5.41, 5.74) is 5.26. The maximum absolute atomic E-state index is 13.3. The van der Waals surface area contributed by atoms with Gasteiger partial charge >= 0.3 is 0 Å². The Hall–Kier alpha value is -6.33. The number of benzene rings is 3. The quantitative estimate of drug-likeness (QED) is 0.107. The van der Waals surface area contributed by atoms with Gasteiger partial charge in [0.2, 0.25) is 27.8 Å². The largest absolute Gasteiger partial charge is 0.493 e. The molecule has 17 heteroatoms. The van der Waals surface area contributed by atoms with Crippen molar-refractivity contribution < 1.29 is 32.3 Å². The summed E-state index contributed by atoms with van der Waals surface area (Å²) in [6, 6.07) is 23.1. The topological polar surface area (TPSA) is 188 Å². The van der Waals surface area contributed by atoms with Crippen molar-refractivity contribution in [2.45, 2.75) is 38.1 Å². The average Bonchev–Trinajstić information content (AvgIpc) is 3.74. The highest BCUT2D eigenvalue weighted by Gasteiger charge is 2.46. The van der Waals surface area contributed by atoms with Crippen LogP contribution in [0.25, 0.3) is 16.8 Å². The summed E-state index contributed by atoms with van der Waals surface area (Å²) >= 11 is 0. The number of unbranched alkanes of at least 4 members (excludes halogenated alkanes) is 2. The fourth-order valence-electron chi connectivity index (χ4n) is 7.65. The van der Waals surface area contributed by atoms with E-state index < -0.39 is 39.7 Å². The van der Waals surface area contributed by atoms with Crippen LogP contribution in [0.4, 0.5) is 23.0 Å². The number of piperazine rings is 1. The molecule has 4 amide bonds. The van der Waals surface area contributed by atoms with Crippen molar-refractivity contribution in [1.82, 2.24) is 29.7 Å². The number of imide groups is 2. The van der Waals surface area contributed by atoms with Gasteiger partial charge in [-0.05, 0) is 92.9 Å². The predicted molar refractivity (Wildman–Crippen MR) is 218 cm³/mol. The van der Waals surface area contributed by atoms with Crippen LogP contribution < -0.4 is 25.0 Å². The van der Waals surface area contributed by atoms with Crippen molar-refractivity contribution >= 4 is 62.2 Å². The molecule has 0 saturated carbocycles. The van der Waals surface area contributed by atoms with Gasteiger partial charge in [0.25, 0.3) is 11.8 Å². The average molecular weight is 806 g/mol. The van der Waals surface area contributed by atoms with Crippen LogP contribution in [-0.4, -0.2) is 108 Å². The van der Waals surface area contributed by atoms with Gasteiger partial charge in [-0.15, -0.1) is 5.10 Å². The van der Waals surface area contributed by atoms with E-state index >= 15 is 0 Å². The third-order valence-electron chi connectivity index (χ3n) is 10.5. The maximum atomic E-state index is 13.3. The zero-order valence-corrected chi connectivity index (χ0v) is 32.7. The Morgan fingerprint density at radius 2 is 1.66 bits per heavy atom. The number of amides is 4. The molecule has 0 aliphatic carbocycles. The highest BCUT2D eigenvalue weighted by atomic mass is 32.2. The van der Waals surface area contributed by atoms with Crippen molar-refractivity contribution in [2.75, 3.05) is 60.5 Å². The Kier molecular flexibility index (Phi) is 10.8. The van der Waals surface area contributed by atoms with Crippen LogP contribution in [0, 0.1) is 0 Å². The molecule has 3 N–H and O–H groups in total. The minimum Gasteiger partial charge on any atom is -0.493 e. The molecule has 3 aliphatic heterocycles. The van der Waals surface area contributed by atoms with E-state index in [1.54, 1.807) is 47.1 Å². The molecule has 16 nitrogen and oxygen atoms in total. The maximum Gasteiger partial charge on any atom is 0.266 e. The highest BCUT2D eigenvalue weighted by molar-refractivity contribution is 7.92. The number of hydrogen-bond donors (Lipinski definition) is 3. The van der Waals surface area contributed by atoms with E-state index in [-0.39, 0.29) is 24.0 Å². The molecule has 0 spiro atoms. The number of rotatable bonds is 14. The Morgan fingerprint density at radius 3 is 2.43 bits per heavy atom. The Balaban J connectivity index is 0.776. The summed E-state index contributed by atoms with van der Waals surface area (Å²) < 4.78 is 33.8. The number of aromatic nitrogens is 3. The minimum atomic E-state index is -3.41. The van der Waals surface area contributed by atoms with Gasteiger partial charge in [0.1, 0.15) is 11.8 Å². The molecule has 3 aliphatic rings. The molecule has 5 aromatic rings. The number of piperidine rings is 1. The second-order valence-corrected chi connectivity index (χ2v) is 16.4. The second kappa shape index (κ2) is 16.3. The van der Waals surface area contributed by atoms with E-state index in [9.17, 15) is 27.6 Å². The van der Waals surface area contributed by atoms with Crippen molar-refractivity contribution in [1.29, 1.82) is 0 Å². The van der Waals surface area contributed by atoms with Gasteiger partial charge < -0.3 is 15.0 Å². The van der Waals surface area contributed by atoms with Gasteiger partial charge in [-0.3, -0.25) is 39.0 Å². The highest BCUT2D eigenvalue weighted by Crippen LogP contribution is 2.34. The van der Waals surface area contributed by atoms with Crippen LogP contribution >= 0.6 is 0 Å². The zero-order valence-electron chi connectivity index (χ0n) is 31.9. The van der Waals surface area contributed by atoms with Crippen molar-refractivity contribution in [3.63, 3.8) is 0 Å². The summed E-state index contributed by atoms with van der Waals surface area (Å²) in [5, 5.41) is 10.2. The van der Waals surface area contributed by atoms with Gasteiger partial charge in [-0.1, -0.05) is 18.2 Å². The van der Waals surface area contributed by atoms with Gasteiger partial charge in [0.15, 0.2) is 0 Å². The first kappa shape index (κ1) is 38.5. The number of nitrogens with zero attached hydrogens (tertiary/aromatic N) is 6. The van der Waals surface area contributed by atoms with E-state index in [4.69, 9.17) is 9.84 Å². The monoisotopic (exact) mass is 805 g/mol. The molecule has 3 aromatic carbocycles. The SMILES string of the molecule is CS(=O)(=O)Nc1cccc(-c2ccc3cnc(Nc4ccc(N5CCN(CCCCCOc6cccc7c6C(=O)N(C6CCC(=O)NC6=O)C7=O)CC5)cc4)nn23)c1. The van der Waals surface area contributed by atoms with Crippen molar-refractivity contribution in [3.8, 4) is 17.0 Å². The molecule has 58 heavy (non-hydrogen) atoms. The molecule has 2 fully saturated rings. The molecule has 0 bridgehead atoms. The number of carbonyl (C=O) groups excluding carboxylic acids is 4. The lowest BCUT2D eigenvalue weighted by Gasteiger charge is -2.36. The summed E-state index contributed by atoms with van der Waals surface area (Å²) in [7, 11) is -3.41. The standard InChI is InChI=1S/C41H43N9O7S/c1-58(55,56)46-29-8-5-7-27(25-29)33-16-15-31-26-42-41(45-50(31)33)43-28-11-13-30(14-12-28)48-22-20-47(21-23-48)19-3-2-4-24-57-35-10-6-9-32-37(35)40(54)49(39(32)53)34-17-18-36(51)44-38(34)52/h5-16,25-26,34,46H,2-4,17-24H2,1H3,(H,43,45)(H,44,51,52). The predicted octanol–water partition coefficient (Wildman–Crippen LogP) is 4.28. The number of carbonyl (C=O) groups is 4. The molecule has 1 unspecified atom stereocenters. The molecular formula is C41H43N9O7S. The minimum absolute atomic E-state index is 0.0682. The molecule has 300 valence electrons. The molecule has 2 aromatic heterocycles. The Labute approximate surface area is 335 Å². The van der Waals surface area contributed by atoms with Crippen LogP contribution in [0.5, 0.6) is 5.75 Å². The number of ether oxygens (including phenoxy) is 1. The number of anilines is 4. The molecule has 1 atom stereocenters. The van der Waals surface area contributed by atoms with Crippen molar-refractivity contribution in [3.05, 3.63) is 96.2 Å². The fourth-order valence-corrected chi connectivity index (χ4v) is 8.20. The second-order valence-electron chi connectivity index (χ2n) is 14.6. The van der Waals surface area contributed by atoms with Crippen LogP contribution in [0.15, 0.2) is 85.1 Å². The van der Waals surface area contributed by atoms with E-state index in [1.807, 2.05) is 30.3 Å². The van der Waals surface area contributed by atoms with Crippen LogP contribution in [-0.2, 0) is 19.6 Å². The number of sulfonamides is 1. The fraction of sp³-hybridized carbons (Fsp3) is 0.317. The Morgan fingerprint density at radius 1 is 0.862 bits per heavy atom. The number of hydrogen-bond acceptors (Lipinski definition) is 12. The van der Waals surface area contributed by atoms with Crippen LogP contribution in [0.1, 0.15) is 52.8 Å². The van der Waals surface area contributed by atoms with Gasteiger partial charge in [0.05, 0.1) is 41.4 Å². The molecular weight excluding hydrogens is 763 g/mol. The van der Waals surface area contributed by atoms with E-state index in [0.29, 0.717) is 24.0 Å². The summed E-state index contributed by atoms with van der Waals surface area (Å²) in [4.78, 5) is 60.7. The molecule has 2 saturated heterocycles. The van der Waals surface area contributed by atoms with E-state index in [1.165, 1.54) is 0 Å². The van der Waals surface area contributed by atoms with Gasteiger partial charge in [0, 0.05) is 55.2 Å². The van der Waals surface area contributed by atoms with E-state index in [2.05, 4.69) is 42.3 Å². The summed E-state index contributed by atoms with van der Waals surface area (Å²) in [6.45, 7) is 5.09. The third-order valence-corrected chi connectivity index (χ3v) is 11.1. The summed E-state index contributed by atoms with van der Waals surface area (Å²) in [6.07, 6.45) is 5.76. The lowest BCUT2D eigenvalue weighted by molar-refractivity contribution is -0.136. The lowest BCUT2D eigenvalue weighted by Crippen LogP contribution is -2.54. The van der Waals surface area contributed by atoms with E-state index in [0.717, 1.165) is 91.3 Å². The first-order valence-electron chi connectivity index (χ1n) is 19.3. The van der Waals surface area contributed by atoms with Gasteiger partial charge in [-0.25, -0.2) is 17.9 Å². The Bertz CT molecular complexity index is 2500. The number of fused-ring (bicyclic) bond motifs is 2. The third kappa shape index (κ3) is 8.35. The number of nitrogens with one attached hydrogen (secondary N) is 3. The van der Waals surface area contributed by atoms with Gasteiger partial charge in [-0.2, -0.15) is 0 Å². The molecule has 5 heterocycles. The molecule has 8 rings (SSSR count). The van der Waals surface area contributed by atoms with Crippen molar-refractivity contribution in [2.24, 2.45) is 0 Å². The molecule has 0 radical (unpaired) electrons. The zero-order chi connectivity index (χ0) is 40.4. The normalized spacial score (nSPS) is 17.4. The van der Waals surface area contributed by atoms with Crippen LogP contribution in [0.2, 0.25) is 0 Å². The lowest BCUT2D eigenvalue weighted by atomic mass is 10.0. The van der Waals surface area contributed by atoms with Crippen LogP contribution in [0.3, 0.4) is 0 Å². The summed E-state index contributed by atoms with van der Waals surface area (Å²) in [5.74, 6) is -1.41.